The van der Waals surface area contributed by atoms with Gasteiger partial charge in [0.2, 0.25) is 5.91 Å². The fraction of sp³-hybridized carbons (Fsp3) is 0.435. The van der Waals surface area contributed by atoms with E-state index in [2.05, 4.69) is 25.2 Å². The number of rotatable bonds is 5. The van der Waals surface area contributed by atoms with Crippen molar-refractivity contribution in [2.24, 2.45) is 11.3 Å². The summed E-state index contributed by atoms with van der Waals surface area (Å²) in [5.41, 5.74) is 1.36. The van der Waals surface area contributed by atoms with Gasteiger partial charge < -0.3 is 20.3 Å². The largest absolute Gasteiger partial charge is 0.386 e. The SMILES string of the molecule is CC(NC(=O)[C@H]1CCN(c2ncnc3[nH]ccc23)CC12CC2)C(O)c1ccc(F)cc1. The van der Waals surface area contributed by atoms with Crippen LogP contribution in [0.5, 0.6) is 0 Å². The van der Waals surface area contributed by atoms with Crippen molar-refractivity contribution in [3.8, 4) is 0 Å². The first kappa shape index (κ1) is 19.9. The minimum absolute atomic E-state index is 0.0136. The number of aromatic nitrogens is 3. The van der Waals surface area contributed by atoms with Crippen LogP contribution in [-0.4, -0.2) is 45.1 Å². The number of hydrogen-bond acceptors (Lipinski definition) is 5. The summed E-state index contributed by atoms with van der Waals surface area (Å²) >= 11 is 0. The minimum atomic E-state index is -0.886. The molecule has 2 fully saturated rings. The lowest BCUT2D eigenvalue weighted by atomic mass is 9.81. The molecular weight excluding hydrogens is 397 g/mol. The van der Waals surface area contributed by atoms with Gasteiger partial charge >= 0.3 is 0 Å². The first-order valence-electron chi connectivity index (χ1n) is 10.7. The van der Waals surface area contributed by atoms with E-state index in [1.54, 1.807) is 25.4 Å². The van der Waals surface area contributed by atoms with E-state index < -0.39 is 12.1 Å². The third kappa shape index (κ3) is 3.65. The highest BCUT2D eigenvalue weighted by atomic mass is 19.1. The maximum atomic E-state index is 13.2. The Hall–Kier alpha value is -3.00. The first-order valence-corrected chi connectivity index (χ1v) is 10.7. The summed E-state index contributed by atoms with van der Waals surface area (Å²) in [5.74, 6) is 0.461. The minimum Gasteiger partial charge on any atom is -0.386 e. The van der Waals surface area contributed by atoms with Gasteiger partial charge in [0, 0.05) is 25.2 Å². The highest BCUT2D eigenvalue weighted by Crippen LogP contribution is 2.56. The molecule has 31 heavy (non-hydrogen) atoms. The number of fused-ring (bicyclic) bond motifs is 1. The maximum Gasteiger partial charge on any atom is 0.224 e. The van der Waals surface area contributed by atoms with Gasteiger partial charge in [-0.3, -0.25) is 4.79 Å². The highest BCUT2D eigenvalue weighted by Gasteiger charge is 2.55. The molecule has 162 valence electrons. The molecule has 1 aliphatic heterocycles. The van der Waals surface area contributed by atoms with Crippen molar-refractivity contribution in [2.75, 3.05) is 18.0 Å². The van der Waals surface area contributed by atoms with Gasteiger partial charge in [0.25, 0.3) is 0 Å². The van der Waals surface area contributed by atoms with Crippen LogP contribution < -0.4 is 10.2 Å². The standard InChI is InChI=1S/C23H26FN5O2/c1-14(19(30)15-2-4-16(24)5-3-15)28-22(31)18-7-11-29(12-23(18)8-9-23)21-17-6-10-25-20(17)26-13-27-21/h2-6,10,13-14,18-19,30H,7-9,11-12H2,1H3,(H,28,31)(H,25,26,27)/t14?,18-,19?/m1/s1. The van der Waals surface area contributed by atoms with Crippen LogP contribution in [0.2, 0.25) is 0 Å². The number of halogens is 1. The maximum absolute atomic E-state index is 13.2. The van der Waals surface area contributed by atoms with E-state index >= 15 is 0 Å². The zero-order chi connectivity index (χ0) is 21.6. The van der Waals surface area contributed by atoms with Gasteiger partial charge in [0.1, 0.15) is 23.6 Å². The molecule has 2 aliphatic rings. The van der Waals surface area contributed by atoms with Gasteiger partial charge in [-0.25, -0.2) is 14.4 Å². The van der Waals surface area contributed by atoms with E-state index in [1.807, 2.05) is 12.3 Å². The molecule has 1 saturated carbocycles. The number of anilines is 1. The second kappa shape index (κ2) is 7.60. The summed E-state index contributed by atoms with van der Waals surface area (Å²) in [6, 6.07) is 7.25. The number of amides is 1. The van der Waals surface area contributed by atoms with E-state index in [0.717, 1.165) is 49.2 Å². The number of piperidine rings is 1. The molecule has 1 amide bonds. The summed E-state index contributed by atoms with van der Waals surface area (Å²) in [5, 5.41) is 14.6. The molecule has 3 atom stereocenters. The Balaban J connectivity index is 1.27. The van der Waals surface area contributed by atoms with Crippen LogP contribution in [0.15, 0.2) is 42.9 Å². The molecule has 2 aromatic heterocycles. The summed E-state index contributed by atoms with van der Waals surface area (Å²) < 4.78 is 13.2. The number of carbonyl (C=O) groups excluding carboxylic acids is 1. The Morgan fingerprint density at radius 3 is 2.81 bits per heavy atom. The number of aliphatic hydroxyl groups is 1. The molecule has 7 nitrogen and oxygen atoms in total. The molecule has 3 heterocycles. The number of nitrogens with one attached hydrogen (secondary N) is 2. The summed E-state index contributed by atoms with van der Waals surface area (Å²) in [6.45, 7) is 3.31. The van der Waals surface area contributed by atoms with Crippen molar-refractivity contribution in [1.82, 2.24) is 20.3 Å². The molecule has 1 saturated heterocycles. The van der Waals surface area contributed by atoms with E-state index in [9.17, 15) is 14.3 Å². The zero-order valence-electron chi connectivity index (χ0n) is 17.4. The third-order valence-electron chi connectivity index (χ3n) is 6.83. The number of hydrogen-bond donors (Lipinski definition) is 3. The Bertz CT molecular complexity index is 1090. The second-order valence-electron chi connectivity index (χ2n) is 8.86. The molecule has 3 N–H and O–H groups in total. The van der Waals surface area contributed by atoms with Crippen LogP contribution in [0.4, 0.5) is 10.2 Å². The number of carbonyl (C=O) groups is 1. The van der Waals surface area contributed by atoms with Crippen molar-refractivity contribution in [2.45, 2.75) is 38.3 Å². The van der Waals surface area contributed by atoms with E-state index in [1.165, 1.54) is 12.1 Å². The Morgan fingerprint density at radius 1 is 1.29 bits per heavy atom. The number of benzene rings is 1. The molecule has 8 heteroatoms. The lowest BCUT2D eigenvalue weighted by Crippen LogP contribution is -2.50. The van der Waals surface area contributed by atoms with Crippen LogP contribution in [0.25, 0.3) is 11.0 Å². The fourth-order valence-electron chi connectivity index (χ4n) is 4.88. The average Bonchev–Trinajstić information content (AvgIpc) is 3.34. The van der Waals surface area contributed by atoms with Gasteiger partial charge in [-0.1, -0.05) is 12.1 Å². The van der Waals surface area contributed by atoms with Crippen molar-refractivity contribution in [1.29, 1.82) is 0 Å². The van der Waals surface area contributed by atoms with Crippen LogP contribution in [0.1, 0.15) is 37.9 Å². The zero-order valence-corrected chi connectivity index (χ0v) is 17.4. The summed E-state index contributed by atoms with van der Waals surface area (Å²) in [7, 11) is 0. The number of nitrogens with zero attached hydrogens (tertiary/aromatic N) is 3. The molecule has 1 spiro atoms. The molecule has 1 aromatic carbocycles. The van der Waals surface area contributed by atoms with E-state index in [0.29, 0.717) is 5.56 Å². The van der Waals surface area contributed by atoms with Gasteiger partial charge in [0.05, 0.1) is 17.5 Å². The number of aromatic amines is 1. The topological polar surface area (TPSA) is 94.1 Å². The number of H-pyrrole nitrogens is 1. The van der Waals surface area contributed by atoms with E-state index in [4.69, 9.17) is 0 Å². The van der Waals surface area contributed by atoms with Crippen LogP contribution in [-0.2, 0) is 4.79 Å². The number of aliphatic hydroxyl groups excluding tert-OH is 1. The first-order chi connectivity index (χ1) is 15.0. The summed E-state index contributed by atoms with van der Waals surface area (Å²) in [6.07, 6.45) is 5.31. The Morgan fingerprint density at radius 2 is 2.06 bits per heavy atom. The fourth-order valence-corrected chi connectivity index (χ4v) is 4.88. The van der Waals surface area contributed by atoms with Gasteiger partial charge in [-0.2, -0.15) is 0 Å². The molecular formula is C23H26FN5O2. The van der Waals surface area contributed by atoms with Gasteiger partial charge in [-0.15, -0.1) is 0 Å². The van der Waals surface area contributed by atoms with Gasteiger partial charge in [0.15, 0.2) is 0 Å². The molecule has 0 radical (unpaired) electrons. The average molecular weight is 423 g/mol. The van der Waals surface area contributed by atoms with Crippen molar-refractivity contribution < 1.29 is 14.3 Å². The molecule has 1 aliphatic carbocycles. The van der Waals surface area contributed by atoms with Crippen molar-refractivity contribution in [3.05, 3.63) is 54.2 Å². The summed E-state index contributed by atoms with van der Waals surface area (Å²) in [4.78, 5) is 27.3. The molecule has 5 rings (SSSR count). The monoisotopic (exact) mass is 423 g/mol. The van der Waals surface area contributed by atoms with Crippen molar-refractivity contribution in [3.63, 3.8) is 0 Å². The smallest absolute Gasteiger partial charge is 0.224 e. The quantitative estimate of drug-likeness (QED) is 0.587. The predicted molar refractivity (Wildman–Crippen MR) is 115 cm³/mol. The van der Waals surface area contributed by atoms with E-state index in [-0.39, 0.29) is 23.1 Å². The molecule has 3 aromatic rings. The third-order valence-corrected chi connectivity index (χ3v) is 6.83. The molecule has 0 bridgehead atoms. The van der Waals surface area contributed by atoms with Gasteiger partial charge in [-0.05, 0) is 55.4 Å². The van der Waals surface area contributed by atoms with Crippen LogP contribution in [0.3, 0.4) is 0 Å². The second-order valence-corrected chi connectivity index (χ2v) is 8.86. The highest BCUT2D eigenvalue weighted by molar-refractivity contribution is 5.87. The Labute approximate surface area is 179 Å². The predicted octanol–water partition coefficient (Wildman–Crippen LogP) is 2.94. The lowest BCUT2D eigenvalue weighted by molar-refractivity contribution is -0.129. The van der Waals surface area contributed by atoms with Crippen LogP contribution in [0, 0.1) is 17.2 Å². The molecule has 2 unspecified atom stereocenters. The van der Waals surface area contributed by atoms with Crippen LogP contribution >= 0.6 is 0 Å². The van der Waals surface area contributed by atoms with Crippen molar-refractivity contribution >= 4 is 22.8 Å². The normalized spacial score (nSPS) is 21.8. The lowest BCUT2D eigenvalue weighted by Gasteiger charge is -2.39. The Kier molecular flexibility index (Phi) is 4.89.